The molecule has 0 N–H and O–H groups in total. The van der Waals surface area contributed by atoms with Crippen LogP contribution in [0, 0.1) is 0 Å². The highest BCUT2D eigenvalue weighted by Crippen LogP contribution is 2.25. The number of hydrogen-bond donors (Lipinski definition) is 0. The first-order valence-corrected chi connectivity index (χ1v) is 8.47. The van der Waals surface area contributed by atoms with Crippen molar-refractivity contribution in [1.82, 2.24) is 19.7 Å². The quantitative estimate of drug-likeness (QED) is 0.737. The summed E-state index contributed by atoms with van der Waals surface area (Å²) in [4.78, 5) is 14.6. The predicted octanol–water partition coefficient (Wildman–Crippen LogP) is 2.44. The molecule has 5 nitrogen and oxygen atoms in total. The molecule has 5 heteroatoms. The highest BCUT2D eigenvalue weighted by molar-refractivity contribution is 5.79. The van der Waals surface area contributed by atoms with Crippen LogP contribution >= 0.6 is 0 Å². The molecule has 25 heavy (non-hydrogen) atoms. The molecule has 0 radical (unpaired) electrons. The molecule has 0 saturated heterocycles. The van der Waals surface area contributed by atoms with Gasteiger partial charge in [-0.2, -0.15) is 0 Å². The van der Waals surface area contributed by atoms with Gasteiger partial charge in [-0.15, -0.1) is 10.2 Å². The number of benzene rings is 2. The third kappa shape index (κ3) is 3.18. The Bertz CT molecular complexity index is 846. The molecule has 0 unspecified atom stereocenters. The number of fused-ring (bicyclic) bond motifs is 1. The number of aromatic nitrogens is 3. The van der Waals surface area contributed by atoms with E-state index in [4.69, 9.17) is 0 Å². The highest BCUT2D eigenvalue weighted by atomic mass is 16.2. The molecule has 1 heterocycles. The summed E-state index contributed by atoms with van der Waals surface area (Å²) in [6, 6.07) is 16.7. The Balaban J connectivity index is 1.40. The molecule has 0 spiro atoms. The van der Waals surface area contributed by atoms with E-state index in [0.29, 0.717) is 6.42 Å². The predicted molar refractivity (Wildman–Crippen MR) is 95.5 cm³/mol. The Labute approximate surface area is 146 Å². The summed E-state index contributed by atoms with van der Waals surface area (Å²) in [5, 5.41) is 7.61. The summed E-state index contributed by atoms with van der Waals surface area (Å²) in [7, 11) is 1.92. The van der Waals surface area contributed by atoms with Gasteiger partial charge in [0.05, 0.1) is 6.42 Å². The second-order valence-corrected chi connectivity index (χ2v) is 6.55. The zero-order chi connectivity index (χ0) is 17.2. The molecule has 0 saturated carbocycles. The molecule has 0 atom stereocenters. The molecule has 0 aliphatic heterocycles. The van der Waals surface area contributed by atoms with Gasteiger partial charge in [0.1, 0.15) is 12.7 Å². The summed E-state index contributed by atoms with van der Waals surface area (Å²) in [5.74, 6) is 0.162. The zero-order valence-electron chi connectivity index (χ0n) is 14.2. The van der Waals surface area contributed by atoms with Gasteiger partial charge in [0, 0.05) is 18.8 Å². The average molecular weight is 332 g/mol. The largest absolute Gasteiger partial charge is 0.342 e. The second kappa shape index (κ2) is 6.51. The first kappa shape index (κ1) is 15.6. The molecular formula is C20H20N4O. The molecule has 126 valence electrons. The third-order valence-electron chi connectivity index (χ3n) is 4.98. The maximum Gasteiger partial charge on any atom is 0.227 e. The van der Waals surface area contributed by atoms with E-state index in [1.54, 1.807) is 12.7 Å². The van der Waals surface area contributed by atoms with Crippen LogP contribution in [0.2, 0.25) is 0 Å². The standard InChI is InChI=1S/C20H20N4O/c1-23(19-11-16-4-2-3-5-17(16)12-19)20(25)10-15-6-8-18(9-7-15)24-13-21-22-14-24/h2-9,13-14,19H,10-12H2,1H3. The van der Waals surface area contributed by atoms with Crippen molar-refractivity contribution in [2.24, 2.45) is 0 Å². The topological polar surface area (TPSA) is 51.0 Å². The average Bonchev–Trinajstić information content (AvgIpc) is 3.31. The maximum atomic E-state index is 12.7. The van der Waals surface area contributed by atoms with E-state index in [1.807, 2.05) is 40.8 Å². The Kier molecular flexibility index (Phi) is 4.06. The fourth-order valence-corrected chi connectivity index (χ4v) is 3.43. The van der Waals surface area contributed by atoms with Crippen LogP contribution in [0.25, 0.3) is 5.69 Å². The lowest BCUT2D eigenvalue weighted by molar-refractivity contribution is -0.131. The lowest BCUT2D eigenvalue weighted by Gasteiger charge is -2.24. The molecule has 0 bridgehead atoms. The minimum absolute atomic E-state index is 0.162. The van der Waals surface area contributed by atoms with E-state index in [9.17, 15) is 4.79 Å². The Morgan fingerprint density at radius 2 is 1.64 bits per heavy atom. The molecule has 1 amide bonds. The van der Waals surface area contributed by atoms with E-state index >= 15 is 0 Å². The number of rotatable bonds is 4. The number of carbonyl (C=O) groups excluding carboxylic acids is 1. The molecule has 1 aliphatic carbocycles. The molecular weight excluding hydrogens is 312 g/mol. The van der Waals surface area contributed by atoms with E-state index in [0.717, 1.165) is 24.1 Å². The molecule has 1 aliphatic rings. The summed E-state index contributed by atoms with van der Waals surface area (Å²) < 4.78 is 1.84. The normalized spacial score (nSPS) is 13.6. The maximum absolute atomic E-state index is 12.7. The SMILES string of the molecule is CN(C(=O)Cc1ccc(-n2cnnc2)cc1)C1Cc2ccccc2C1. The van der Waals surface area contributed by atoms with Crippen LogP contribution in [0.1, 0.15) is 16.7 Å². The van der Waals surface area contributed by atoms with Crippen LogP contribution in [0.3, 0.4) is 0 Å². The zero-order valence-corrected chi connectivity index (χ0v) is 14.2. The van der Waals surface area contributed by atoms with Crippen molar-refractivity contribution in [1.29, 1.82) is 0 Å². The van der Waals surface area contributed by atoms with Crippen molar-refractivity contribution in [3.63, 3.8) is 0 Å². The second-order valence-electron chi connectivity index (χ2n) is 6.55. The minimum Gasteiger partial charge on any atom is -0.342 e. The minimum atomic E-state index is 0.162. The van der Waals surface area contributed by atoms with Gasteiger partial charge >= 0.3 is 0 Å². The number of carbonyl (C=O) groups is 1. The number of amides is 1. The highest BCUT2D eigenvalue weighted by Gasteiger charge is 2.27. The third-order valence-corrected chi connectivity index (χ3v) is 4.98. The fraction of sp³-hybridized carbons (Fsp3) is 0.250. The van der Waals surface area contributed by atoms with Crippen molar-refractivity contribution >= 4 is 5.91 Å². The van der Waals surface area contributed by atoms with E-state index in [2.05, 4.69) is 34.5 Å². The Morgan fingerprint density at radius 3 is 2.24 bits per heavy atom. The summed E-state index contributed by atoms with van der Waals surface area (Å²) in [5.41, 5.74) is 4.74. The number of likely N-dealkylation sites (N-methyl/N-ethyl adjacent to an activating group) is 1. The molecule has 2 aromatic carbocycles. The van der Waals surface area contributed by atoms with E-state index in [-0.39, 0.29) is 11.9 Å². The van der Waals surface area contributed by atoms with Gasteiger partial charge in [0.15, 0.2) is 0 Å². The first-order chi connectivity index (χ1) is 12.2. The van der Waals surface area contributed by atoms with Crippen LogP contribution in [-0.4, -0.2) is 38.7 Å². The van der Waals surface area contributed by atoms with Crippen molar-refractivity contribution in [2.75, 3.05) is 7.05 Å². The number of nitrogens with zero attached hydrogens (tertiary/aromatic N) is 4. The lowest BCUT2D eigenvalue weighted by Crippen LogP contribution is -2.38. The van der Waals surface area contributed by atoms with Crippen molar-refractivity contribution in [3.8, 4) is 5.69 Å². The van der Waals surface area contributed by atoms with Crippen LogP contribution in [0.5, 0.6) is 0 Å². The smallest absolute Gasteiger partial charge is 0.227 e. The summed E-state index contributed by atoms with van der Waals surface area (Å²) in [6.07, 6.45) is 5.64. The van der Waals surface area contributed by atoms with Crippen LogP contribution in [-0.2, 0) is 24.1 Å². The van der Waals surface area contributed by atoms with Gasteiger partial charge in [0.2, 0.25) is 5.91 Å². The Morgan fingerprint density at radius 1 is 1.04 bits per heavy atom. The summed E-state index contributed by atoms with van der Waals surface area (Å²) >= 11 is 0. The summed E-state index contributed by atoms with van der Waals surface area (Å²) in [6.45, 7) is 0. The monoisotopic (exact) mass is 332 g/mol. The van der Waals surface area contributed by atoms with Crippen LogP contribution in [0.15, 0.2) is 61.2 Å². The van der Waals surface area contributed by atoms with Gasteiger partial charge in [-0.3, -0.25) is 9.36 Å². The van der Waals surface area contributed by atoms with E-state index in [1.165, 1.54) is 11.1 Å². The van der Waals surface area contributed by atoms with Crippen molar-refractivity contribution in [3.05, 3.63) is 77.9 Å². The van der Waals surface area contributed by atoms with Crippen LogP contribution in [0.4, 0.5) is 0 Å². The van der Waals surface area contributed by atoms with Crippen LogP contribution < -0.4 is 0 Å². The van der Waals surface area contributed by atoms with Gasteiger partial charge < -0.3 is 4.90 Å². The Hall–Kier alpha value is -2.95. The van der Waals surface area contributed by atoms with Gasteiger partial charge in [0.25, 0.3) is 0 Å². The van der Waals surface area contributed by atoms with Gasteiger partial charge in [-0.1, -0.05) is 36.4 Å². The fourth-order valence-electron chi connectivity index (χ4n) is 3.43. The van der Waals surface area contributed by atoms with Gasteiger partial charge in [-0.25, -0.2) is 0 Å². The number of hydrogen-bond acceptors (Lipinski definition) is 3. The first-order valence-electron chi connectivity index (χ1n) is 8.47. The van der Waals surface area contributed by atoms with Gasteiger partial charge in [-0.05, 0) is 41.7 Å². The molecule has 0 fully saturated rings. The molecule has 1 aromatic heterocycles. The van der Waals surface area contributed by atoms with E-state index < -0.39 is 0 Å². The molecule has 3 aromatic rings. The van der Waals surface area contributed by atoms with Crippen molar-refractivity contribution < 1.29 is 4.79 Å². The van der Waals surface area contributed by atoms with Crippen molar-refractivity contribution in [2.45, 2.75) is 25.3 Å². The molecule has 4 rings (SSSR count). The lowest BCUT2D eigenvalue weighted by atomic mass is 10.1.